The number of ether oxygens (including phenoxy) is 2. The van der Waals surface area contributed by atoms with Crippen LogP contribution in [0.2, 0.25) is 5.02 Å². The van der Waals surface area contributed by atoms with E-state index in [1.54, 1.807) is 29.2 Å². The number of piperidine rings is 1. The topological polar surface area (TPSA) is 102 Å². The molecule has 1 saturated carbocycles. The van der Waals surface area contributed by atoms with Crippen LogP contribution in [0, 0.1) is 5.92 Å². The third-order valence-corrected chi connectivity index (χ3v) is 11.5. The molecule has 3 atom stereocenters. The Morgan fingerprint density at radius 1 is 0.822 bits per heavy atom. The molecule has 3 aromatic rings. The van der Waals surface area contributed by atoms with E-state index in [0.717, 1.165) is 11.1 Å². The van der Waals surface area contributed by atoms with Crippen molar-refractivity contribution in [2.75, 3.05) is 26.2 Å². The van der Waals surface area contributed by atoms with Crippen molar-refractivity contribution in [3.8, 4) is 22.6 Å². The first-order chi connectivity index (χ1) is 21.8. The van der Waals surface area contributed by atoms with Gasteiger partial charge in [0.05, 0.1) is 11.5 Å². The fourth-order valence-electron chi connectivity index (χ4n) is 6.70. The number of nitrogens with two attached hydrogens (primary N) is 1. The second-order valence-corrected chi connectivity index (χ2v) is 14.9. The van der Waals surface area contributed by atoms with Crippen LogP contribution in [-0.2, 0) is 14.8 Å². The Bertz CT molecular complexity index is 1540. The Kier molecular flexibility index (Phi) is 9.99. The molecule has 0 radical (unpaired) electrons. The monoisotopic (exact) mass is 651 g/mol. The van der Waals surface area contributed by atoms with Crippen LogP contribution in [0.1, 0.15) is 51.4 Å². The highest BCUT2D eigenvalue weighted by atomic mass is 35.5. The van der Waals surface area contributed by atoms with Gasteiger partial charge in [0, 0.05) is 37.1 Å². The molecule has 0 aromatic heterocycles. The van der Waals surface area contributed by atoms with Crippen molar-refractivity contribution < 1.29 is 22.7 Å². The molecule has 45 heavy (non-hydrogen) atoms. The molecular weight excluding hydrogens is 610 g/mol. The smallest absolute Gasteiger partial charge is 0.243 e. The van der Waals surface area contributed by atoms with E-state index in [-0.39, 0.29) is 35.9 Å². The largest absolute Gasteiger partial charge is 0.493 e. The highest BCUT2D eigenvalue weighted by molar-refractivity contribution is 7.89. The molecule has 2 saturated heterocycles. The summed E-state index contributed by atoms with van der Waals surface area (Å²) in [5.74, 6) is 1.67. The molecule has 0 spiro atoms. The van der Waals surface area contributed by atoms with Crippen molar-refractivity contribution in [3.05, 3.63) is 77.8 Å². The zero-order chi connectivity index (χ0) is 31.4. The average molecular weight is 652 g/mol. The Balaban J connectivity index is 1.15. The minimum atomic E-state index is -3.95. The fourth-order valence-corrected chi connectivity index (χ4v) is 8.43. The maximum atomic E-state index is 14.0. The van der Waals surface area contributed by atoms with Crippen LogP contribution >= 0.6 is 11.6 Å². The van der Waals surface area contributed by atoms with Gasteiger partial charge in [0.2, 0.25) is 15.9 Å². The second-order valence-electron chi connectivity index (χ2n) is 12.5. The van der Waals surface area contributed by atoms with Crippen molar-refractivity contribution in [2.45, 2.75) is 74.4 Å². The summed E-state index contributed by atoms with van der Waals surface area (Å²) in [6.45, 7) is 1.77. The van der Waals surface area contributed by atoms with E-state index in [0.29, 0.717) is 55.0 Å². The predicted octanol–water partition coefficient (Wildman–Crippen LogP) is 6.13. The number of rotatable bonds is 9. The number of halogens is 1. The van der Waals surface area contributed by atoms with Crippen LogP contribution in [0.15, 0.2) is 77.7 Å². The maximum absolute atomic E-state index is 14.0. The number of amides is 1. The predicted molar refractivity (Wildman–Crippen MR) is 176 cm³/mol. The average Bonchev–Trinajstić information content (AvgIpc) is 3.51. The molecule has 10 heteroatoms. The normalized spacial score (nSPS) is 23.2. The van der Waals surface area contributed by atoms with E-state index in [1.165, 1.54) is 36.4 Å². The maximum Gasteiger partial charge on any atom is 0.243 e. The van der Waals surface area contributed by atoms with Crippen molar-refractivity contribution in [2.24, 2.45) is 11.7 Å². The summed E-state index contributed by atoms with van der Waals surface area (Å²) in [6.07, 6.45) is 7.23. The number of carbonyl (C=O) groups excluding carboxylic acids is 1. The van der Waals surface area contributed by atoms with Gasteiger partial charge >= 0.3 is 0 Å². The lowest BCUT2D eigenvalue weighted by Gasteiger charge is -2.39. The van der Waals surface area contributed by atoms with Gasteiger partial charge in [-0.3, -0.25) is 4.79 Å². The number of likely N-dealkylation sites (tertiary alicyclic amines) is 1. The van der Waals surface area contributed by atoms with Gasteiger partial charge < -0.3 is 20.1 Å². The number of nitrogens with zero attached hydrogens (tertiary/aromatic N) is 2. The Morgan fingerprint density at radius 2 is 1.47 bits per heavy atom. The van der Waals surface area contributed by atoms with E-state index in [1.807, 2.05) is 48.5 Å². The molecule has 2 heterocycles. The highest BCUT2D eigenvalue weighted by Crippen LogP contribution is 2.32. The first-order valence-electron chi connectivity index (χ1n) is 16.1. The molecule has 3 fully saturated rings. The zero-order valence-electron chi connectivity index (χ0n) is 25.5. The van der Waals surface area contributed by atoms with Crippen LogP contribution < -0.4 is 15.2 Å². The Hall–Kier alpha value is -3.11. The van der Waals surface area contributed by atoms with E-state index in [2.05, 4.69) is 0 Å². The molecule has 8 nitrogen and oxygen atoms in total. The van der Waals surface area contributed by atoms with Gasteiger partial charge in [-0.25, -0.2) is 8.42 Å². The van der Waals surface area contributed by atoms with Crippen molar-refractivity contribution in [1.82, 2.24) is 9.21 Å². The molecule has 3 aliphatic rings. The molecule has 3 aromatic carbocycles. The summed E-state index contributed by atoms with van der Waals surface area (Å²) in [4.78, 5) is 15.7. The Labute approximate surface area is 271 Å². The molecule has 1 amide bonds. The van der Waals surface area contributed by atoms with Gasteiger partial charge in [-0.15, -0.1) is 0 Å². The van der Waals surface area contributed by atoms with E-state index < -0.39 is 16.1 Å². The lowest BCUT2D eigenvalue weighted by Crippen LogP contribution is -2.56. The summed E-state index contributed by atoms with van der Waals surface area (Å²) in [7, 11) is -3.95. The molecule has 240 valence electrons. The van der Waals surface area contributed by atoms with E-state index in [9.17, 15) is 13.2 Å². The van der Waals surface area contributed by atoms with Crippen molar-refractivity contribution in [3.63, 3.8) is 0 Å². The molecular formula is C35H42ClN3O5S. The van der Waals surface area contributed by atoms with E-state index >= 15 is 0 Å². The van der Waals surface area contributed by atoms with Gasteiger partial charge in [-0.2, -0.15) is 4.31 Å². The second kappa shape index (κ2) is 14.1. The zero-order valence-corrected chi connectivity index (χ0v) is 27.1. The lowest BCUT2D eigenvalue weighted by atomic mass is 9.90. The molecule has 6 rings (SSSR count). The first kappa shape index (κ1) is 31.9. The van der Waals surface area contributed by atoms with Gasteiger partial charge in [-0.1, -0.05) is 55.1 Å². The summed E-state index contributed by atoms with van der Waals surface area (Å²) in [5.41, 5.74) is 8.19. The molecule has 2 N–H and O–H groups in total. The SMILES string of the molecule is N[C@H]1CCN(C(=O)[C@H]2C[C@@H](Oc3ccc(-c4ccc(Cl)cc4)cc3)CCN2S(=O)(=O)c2ccc(OCC3CCCCC3)cc2)C1. The van der Waals surface area contributed by atoms with Crippen LogP contribution in [0.25, 0.3) is 11.1 Å². The van der Waals surface area contributed by atoms with Crippen LogP contribution in [-0.4, -0.2) is 68.0 Å². The summed E-state index contributed by atoms with van der Waals surface area (Å²) in [5, 5.41) is 0.683. The van der Waals surface area contributed by atoms with Gasteiger partial charge in [-0.05, 0) is 91.3 Å². The third kappa shape index (κ3) is 7.65. The number of sulfonamides is 1. The van der Waals surface area contributed by atoms with Gasteiger partial charge in [0.25, 0.3) is 0 Å². The number of benzene rings is 3. The van der Waals surface area contributed by atoms with Crippen LogP contribution in [0.3, 0.4) is 0 Å². The van der Waals surface area contributed by atoms with Gasteiger partial charge in [0.1, 0.15) is 23.6 Å². The minimum Gasteiger partial charge on any atom is -0.493 e. The summed E-state index contributed by atoms with van der Waals surface area (Å²) < 4.78 is 41.7. The Morgan fingerprint density at radius 3 is 2.11 bits per heavy atom. The number of carbonyl (C=O) groups is 1. The molecule has 0 unspecified atom stereocenters. The standard InChI is InChI=1S/C35H42ClN3O5S/c36-28-10-6-26(7-11-28)27-8-12-31(13-9-27)44-32-19-21-39(34(22-32)35(40)38-20-18-29(37)23-38)45(41,42)33-16-14-30(15-17-33)43-24-25-4-2-1-3-5-25/h6-17,25,29,32,34H,1-5,18-24,37H2/t29-,32-,34+/m0/s1. The molecule has 1 aliphatic carbocycles. The van der Waals surface area contributed by atoms with Crippen LogP contribution in [0.5, 0.6) is 11.5 Å². The highest BCUT2D eigenvalue weighted by Gasteiger charge is 2.44. The first-order valence-corrected chi connectivity index (χ1v) is 17.9. The molecule has 2 aliphatic heterocycles. The summed E-state index contributed by atoms with van der Waals surface area (Å²) in [6, 6.07) is 21.0. The van der Waals surface area contributed by atoms with E-state index in [4.69, 9.17) is 26.8 Å². The quantitative estimate of drug-likeness (QED) is 0.299. The fraction of sp³-hybridized carbons (Fsp3) is 0.457. The van der Waals surface area contributed by atoms with Crippen molar-refractivity contribution in [1.29, 1.82) is 0 Å². The third-order valence-electron chi connectivity index (χ3n) is 9.30. The summed E-state index contributed by atoms with van der Waals surface area (Å²) >= 11 is 6.03. The van der Waals surface area contributed by atoms with Gasteiger partial charge in [0.15, 0.2) is 0 Å². The number of hydrogen-bond donors (Lipinski definition) is 1. The minimum absolute atomic E-state index is 0.102. The van der Waals surface area contributed by atoms with Crippen molar-refractivity contribution >= 4 is 27.5 Å². The molecule has 0 bridgehead atoms. The van der Waals surface area contributed by atoms with Crippen LogP contribution in [0.4, 0.5) is 0 Å². The lowest BCUT2D eigenvalue weighted by molar-refractivity contribution is -0.136. The number of hydrogen-bond acceptors (Lipinski definition) is 6.